The molecule has 1 saturated heterocycles. The van der Waals surface area contributed by atoms with E-state index < -0.39 is 27.8 Å². The standard InChI is InChI=1S/C24H23NO5S/c1-14(2)15-7-9-16(10-8-15)21-20-22(26)18-5-3-4-6-19(18)30-23(20)24(27)25(21)17-11-12-31(28,29)13-17/h3-10,14,17,21H,11-13H2,1-2H3/t17-,21-/m1/s1. The van der Waals surface area contributed by atoms with Gasteiger partial charge in [-0.15, -0.1) is 0 Å². The Morgan fingerprint density at radius 2 is 1.74 bits per heavy atom. The summed E-state index contributed by atoms with van der Waals surface area (Å²) in [5.41, 5.74) is 2.34. The highest BCUT2D eigenvalue weighted by atomic mass is 32.2. The highest BCUT2D eigenvalue weighted by Crippen LogP contribution is 2.41. The van der Waals surface area contributed by atoms with Gasteiger partial charge in [0.25, 0.3) is 5.91 Å². The highest BCUT2D eigenvalue weighted by Gasteiger charge is 2.48. The maximum atomic E-state index is 13.5. The third kappa shape index (κ3) is 3.19. The van der Waals surface area contributed by atoms with Gasteiger partial charge in [-0.2, -0.15) is 0 Å². The number of carbonyl (C=O) groups is 1. The average molecular weight is 438 g/mol. The predicted octanol–water partition coefficient (Wildman–Crippen LogP) is 3.65. The topological polar surface area (TPSA) is 84.7 Å². The van der Waals surface area contributed by atoms with Crippen molar-refractivity contribution in [3.8, 4) is 0 Å². The number of hydrogen-bond donors (Lipinski definition) is 0. The molecule has 3 heterocycles. The zero-order valence-corrected chi connectivity index (χ0v) is 18.2. The number of fused-ring (bicyclic) bond motifs is 2. The molecule has 1 aromatic heterocycles. The molecule has 2 aliphatic heterocycles. The van der Waals surface area contributed by atoms with Gasteiger partial charge in [-0.1, -0.05) is 50.2 Å². The van der Waals surface area contributed by atoms with E-state index in [1.54, 1.807) is 29.2 Å². The maximum absolute atomic E-state index is 13.5. The number of carbonyl (C=O) groups excluding carboxylic acids is 1. The summed E-state index contributed by atoms with van der Waals surface area (Å²) in [4.78, 5) is 28.5. The third-order valence-electron chi connectivity index (χ3n) is 6.33. The van der Waals surface area contributed by atoms with Crippen molar-refractivity contribution in [3.63, 3.8) is 0 Å². The third-order valence-corrected chi connectivity index (χ3v) is 8.08. The molecular formula is C24H23NO5S. The van der Waals surface area contributed by atoms with Gasteiger partial charge < -0.3 is 9.32 Å². The molecule has 0 aliphatic carbocycles. The van der Waals surface area contributed by atoms with Crippen LogP contribution in [0.25, 0.3) is 11.0 Å². The van der Waals surface area contributed by atoms with Crippen LogP contribution in [-0.4, -0.2) is 36.8 Å². The molecule has 0 bridgehead atoms. The van der Waals surface area contributed by atoms with E-state index in [0.717, 1.165) is 11.1 Å². The second-order valence-corrected chi connectivity index (χ2v) is 10.9. The molecule has 6 nitrogen and oxygen atoms in total. The van der Waals surface area contributed by atoms with E-state index in [2.05, 4.69) is 13.8 Å². The van der Waals surface area contributed by atoms with Crippen molar-refractivity contribution in [3.05, 3.63) is 81.2 Å². The normalized spacial score (nSPS) is 22.4. The van der Waals surface area contributed by atoms with Crippen molar-refractivity contribution in [1.29, 1.82) is 0 Å². The molecule has 5 rings (SSSR count). The van der Waals surface area contributed by atoms with Crippen LogP contribution in [0, 0.1) is 0 Å². The molecule has 0 unspecified atom stereocenters. The van der Waals surface area contributed by atoms with E-state index >= 15 is 0 Å². The van der Waals surface area contributed by atoms with Crippen molar-refractivity contribution in [1.82, 2.24) is 4.90 Å². The predicted molar refractivity (Wildman–Crippen MR) is 118 cm³/mol. The zero-order chi connectivity index (χ0) is 21.9. The van der Waals surface area contributed by atoms with Crippen LogP contribution >= 0.6 is 0 Å². The first-order valence-corrected chi connectivity index (χ1v) is 12.3. The van der Waals surface area contributed by atoms with Gasteiger partial charge >= 0.3 is 0 Å². The Kier molecular flexibility index (Phi) is 4.55. The summed E-state index contributed by atoms with van der Waals surface area (Å²) in [5.74, 6) is -0.110. The summed E-state index contributed by atoms with van der Waals surface area (Å²) in [6, 6.07) is 13.5. The lowest BCUT2D eigenvalue weighted by atomic mass is 9.94. The van der Waals surface area contributed by atoms with Crippen LogP contribution in [0.1, 0.15) is 59.5 Å². The molecule has 0 radical (unpaired) electrons. The summed E-state index contributed by atoms with van der Waals surface area (Å²) in [5, 5.41) is 0.416. The Balaban J connectivity index is 1.72. The number of sulfone groups is 1. The minimum atomic E-state index is -3.22. The number of hydrogen-bond acceptors (Lipinski definition) is 5. The van der Waals surface area contributed by atoms with Gasteiger partial charge in [0, 0.05) is 6.04 Å². The van der Waals surface area contributed by atoms with Gasteiger partial charge in [-0.3, -0.25) is 9.59 Å². The quantitative estimate of drug-likeness (QED) is 0.624. The molecular weight excluding hydrogens is 414 g/mol. The van der Waals surface area contributed by atoms with Gasteiger partial charge in [0.05, 0.1) is 28.5 Å². The first kappa shape index (κ1) is 20.0. The largest absolute Gasteiger partial charge is 0.450 e. The number of amides is 1. The first-order valence-electron chi connectivity index (χ1n) is 10.5. The van der Waals surface area contributed by atoms with E-state index in [0.29, 0.717) is 28.9 Å². The highest BCUT2D eigenvalue weighted by molar-refractivity contribution is 7.91. The monoisotopic (exact) mass is 437 g/mol. The summed E-state index contributed by atoms with van der Waals surface area (Å²) in [6.07, 6.45) is 0.357. The van der Waals surface area contributed by atoms with Crippen molar-refractivity contribution in [2.75, 3.05) is 11.5 Å². The fourth-order valence-electron chi connectivity index (χ4n) is 4.70. The average Bonchev–Trinajstić information content (AvgIpc) is 3.25. The molecule has 7 heteroatoms. The van der Waals surface area contributed by atoms with Gasteiger partial charge in [-0.25, -0.2) is 8.42 Å². The van der Waals surface area contributed by atoms with E-state index in [1.165, 1.54) is 0 Å². The van der Waals surface area contributed by atoms with E-state index in [-0.39, 0.29) is 22.7 Å². The molecule has 0 spiro atoms. The minimum absolute atomic E-state index is 0.0194. The van der Waals surface area contributed by atoms with Crippen molar-refractivity contribution < 1.29 is 17.6 Å². The lowest BCUT2D eigenvalue weighted by Gasteiger charge is -2.30. The summed E-state index contributed by atoms with van der Waals surface area (Å²) < 4.78 is 30.3. The van der Waals surface area contributed by atoms with E-state index in [4.69, 9.17) is 4.42 Å². The number of nitrogens with zero attached hydrogens (tertiary/aromatic N) is 1. The van der Waals surface area contributed by atoms with Gasteiger partial charge in [0.15, 0.2) is 15.3 Å². The maximum Gasteiger partial charge on any atom is 0.291 e. The van der Waals surface area contributed by atoms with Crippen molar-refractivity contribution >= 4 is 26.7 Å². The van der Waals surface area contributed by atoms with Gasteiger partial charge in [0.1, 0.15) is 5.58 Å². The Morgan fingerprint density at radius 1 is 1.03 bits per heavy atom. The Morgan fingerprint density at radius 3 is 2.39 bits per heavy atom. The molecule has 31 heavy (non-hydrogen) atoms. The molecule has 160 valence electrons. The lowest BCUT2D eigenvalue weighted by molar-refractivity contribution is 0.0662. The van der Waals surface area contributed by atoms with Crippen LogP contribution in [0.2, 0.25) is 0 Å². The molecule has 1 amide bonds. The number of para-hydroxylation sites is 1. The molecule has 2 aromatic carbocycles. The molecule has 1 fully saturated rings. The fraction of sp³-hybridized carbons (Fsp3) is 0.333. The first-order chi connectivity index (χ1) is 14.8. The Labute approximate surface area is 180 Å². The lowest BCUT2D eigenvalue weighted by Crippen LogP contribution is -2.40. The van der Waals surface area contributed by atoms with Crippen molar-refractivity contribution in [2.45, 2.75) is 38.3 Å². The molecule has 0 saturated carbocycles. The Bertz CT molecular complexity index is 1350. The number of rotatable bonds is 3. The minimum Gasteiger partial charge on any atom is -0.450 e. The van der Waals surface area contributed by atoms with Crippen LogP contribution < -0.4 is 5.43 Å². The summed E-state index contributed by atoms with van der Waals surface area (Å²) in [7, 11) is -3.22. The fourth-order valence-corrected chi connectivity index (χ4v) is 6.41. The summed E-state index contributed by atoms with van der Waals surface area (Å²) >= 11 is 0. The zero-order valence-electron chi connectivity index (χ0n) is 17.4. The van der Waals surface area contributed by atoms with Crippen molar-refractivity contribution in [2.24, 2.45) is 0 Å². The van der Waals surface area contributed by atoms with Crippen LogP contribution in [0.3, 0.4) is 0 Å². The molecule has 2 atom stereocenters. The molecule has 3 aromatic rings. The van der Waals surface area contributed by atoms with Gasteiger partial charge in [-0.05, 0) is 35.6 Å². The second kappa shape index (κ2) is 7.05. The molecule has 0 N–H and O–H groups in total. The van der Waals surface area contributed by atoms with Crippen LogP contribution in [0.5, 0.6) is 0 Å². The summed E-state index contributed by atoms with van der Waals surface area (Å²) in [6.45, 7) is 4.19. The smallest absolute Gasteiger partial charge is 0.291 e. The van der Waals surface area contributed by atoms with Crippen LogP contribution in [-0.2, 0) is 9.84 Å². The van der Waals surface area contributed by atoms with E-state index in [9.17, 15) is 18.0 Å². The van der Waals surface area contributed by atoms with Crippen LogP contribution in [0.15, 0.2) is 57.7 Å². The van der Waals surface area contributed by atoms with Gasteiger partial charge in [0.2, 0.25) is 5.76 Å². The number of benzene rings is 2. The Hall–Kier alpha value is -2.93. The van der Waals surface area contributed by atoms with Crippen LogP contribution in [0.4, 0.5) is 0 Å². The second-order valence-electron chi connectivity index (χ2n) is 8.66. The molecule has 2 aliphatic rings. The van der Waals surface area contributed by atoms with E-state index in [1.807, 2.05) is 24.3 Å². The SMILES string of the molecule is CC(C)c1ccc([C@@H]2c3c(oc4ccccc4c3=O)C(=O)N2[C@@H]2CCS(=O)(=O)C2)cc1.